The quantitative estimate of drug-likeness (QED) is 0.475. The summed E-state index contributed by atoms with van der Waals surface area (Å²) in [5.41, 5.74) is 0. The van der Waals surface area contributed by atoms with Gasteiger partial charge in [-0.05, 0) is 6.92 Å². The summed E-state index contributed by atoms with van der Waals surface area (Å²) in [6.07, 6.45) is -0.807. The third kappa shape index (κ3) is 5.34. The van der Waals surface area contributed by atoms with E-state index < -0.39 is 18.0 Å². The Bertz CT molecular complexity index is 219. The van der Waals surface area contributed by atoms with Gasteiger partial charge in [-0.3, -0.25) is 4.79 Å². The highest BCUT2D eigenvalue weighted by Crippen LogP contribution is 1.93. The van der Waals surface area contributed by atoms with Crippen LogP contribution in [0, 0.1) is 0 Å². The molecule has 0 aliphatic heterocycles. The fourth-order valence-electron chi connectivity index (χ4n) is 0.993. The summed E-state index contributed by atoms with van der Waals surface area (Å²) in [5, 5.41) is 9.31. The van der Waals surface area contributed by atoms with E-state index in [0.29, 0.717) is 0 Å². The fourth-order valence-corrected chi connectivity index (χ4v) is 0.993. The van der Waals surface area contributed by atoms with E-state index >= 15 is 0 Å². The lowest BCUT2D eigenvalue weighted by Crippen LogP contribution is -2.40. The molecule has 15 heavy (non-hydrogen) atoms. The molecule has 6 nitrogen and oxygen atoms in total. The average Bonchev–Trinajstić information content (AvgIpc) is 2.17. The molecular formula is C9H17NO5. The molecule has 0 aromatic heterocycles. The van der Waals surface area contributed by atoms with E-state index in [2.05, 4.69) is 9.47 Å². The van der Waals surface area contributed by atoms with Crippen LogP contribution < -0.4 is 0 Å². The van der Waals surface area contributed by atoms with Crippen molar-refractivity contribution >= 4 is 11.9 Å². The Morgan fingerprint density at radius 1 is 1.47 bits per heavy atom. The molecule has 1 amide bonds. The maximum Gasteiger partial charge on any atom is 0.397 e. The van der Waals surface area contributed by atoms with Crippen molar-refractivity contribution in [1.82, 2.24) is 4.90 Å². The molecule has 0 heterocycles. The van der Waals surface area contributed by atoms with Gasteiger partial charge in [-0.25, -0.2) is 4.79 Å². The number of hydrogen-bond acceptors (Lipinski definition) is 5. The maximum atomic E-state index is 11.3. The first-order chi connectivity index (χ1) is 7.02. The topological polar surface area (TPSA) is 76.1 Å². The van der Waals surface area contributed by atoms with E-state index in [1.807, 2.05) is 0 Å². The third-order valence-electron chi connectivity index (χ3n) is 1.64. The van der Waals surface area contributed by atoms with E-state index in [0.717, 1.165) is 4.90 Å². The highest BCUT2D eigenvalue weighted by molar-refractivity contribution is 6.32. The van der Waals surface area contributed by atoms with Gasteiger partial charge in [0.15, 0.2) is 0 Å². The lowest BCUT2D eigenvalue weighted by atomic mass is 10.3. The van der Waals surface area contributed by atoms with Crippen LogP contribution in [0.5, 0.6) is 0 Å². The van der Waals surface area contributed by atoms with Crippen molar-refractivity contribution < 1.29 is 24.2 Å². The second kappa shape index (κ2) is 7.19. The van der Waals surface area contributed by atoms with Crippen molar-refractivity contribution in [3.05, 3.63) is 0 Å². The molecule has 0 saturated heterocycles. The summed E-state index contributed by atoms with van der Waals surface area (Å²) in [4.78, 5) is 23.4. The standard InChI is InChI=1S/C9H17NO5/c1-4-15-9(13)8(12)10(2)5-7(11)6-14-3/h7,11H,4-6H2,1-3H3. The highest BCUT2D eigenvalue weighted by atomic mass is 16.5. The summed E-state index contributed by atoms with van der Waals surface area (Å²) in [6, 6.07) is 0. The average molecular weight is 219 g/mol. The smallest absolute Gasteiger partial charge is 0.397 e. The normalized spacial score (nSPS) is 12.0. The van der Waals surface area contributed by atoms with E-state index in [1.165, 1.54) is 14.2 Å². The number of rotatable bonds is 5. The number of aliphatic hydroxyl groups excluding tert-OH is 1. The molecule has 88 valence electrons. The van der Waals surface area contributed by atoms with Crippen molar-refractivity contribution in [2.75, 3.05) is 33.9 Å². The first-order valence-corrected chi connectivity index (χ1v) is 4.62. The van der Waals surface area contributed by atoms with Gasteiger partial charge in [-0.1, -0.05) is 0 Å². The van der Waals surface area contributed by atoms with Crippen LogP contribution in [0.25, 0.3) is 0 Å². The van der Waals surface area contributed by atoms with Gasteiger partial charge in [0.2, 0.25) is 0 Å². The number of nitrogens with zero attached hydrogens (tertiary/aromatic N) is 1. The van der Waals surface area contributed by atoms with Crippen molar-refractivity contribution in [3.63, 3.8) is 0 Å². The Morgan fingerprint density at radius 3 is 2.53 bits per heavy atom. The number of hydrogen-bond donors (Lipinski definition) is 1. The van der Waals surface area contributed by atoms with E-state index in [1.54, 1.807) is 6.92 Å². The fraction of sp³-hybridized carbons (Fsp3) is 0.778. The van der Waals surface area contributed by atoms with Gasteiger partial charge in [0, 0.05) is 20.7 Å². The van der Waals surface area contributed by atoms with Crippen molar-refractivity contribution in [3.8, 4) is 0 Å². The number of aliphatic hydroxyl groups is 1. The predicted molar refractivity (Wildman–Crippen MR) is 52.2 cm³/mol. The number of likely N-dealkylation sites (N-methyl/N-ethyl adjacent to an activating group) is 1. The molecule has 0 fully saturated rings. The summed E-state index contributed by atoms with van der Waals surface area (Å²) in [5.74, 6) is -1.68. The van der Waals surface area contributed by atoms with Crippen LogP contribution in [0.2, 0.25) is 0 Å². The molecule has 0 aromatic carbocycles. The van der Waals surface area contributed by atoms with Crippen molar-refractivity contribution in [1.29, 1.82) is 0 Å². The lowest BCUT2D eigenvalue weighted by Gasteiger charge is -2.19. The minimum absolute atomic E-state index is 0.0332. The zero-order valence-corrected chi connectivity index (χ0v) is 9.23. The molecule has 1 N–H and O–H groups in total. The van der Waals surface area contributed by atoms with Crippen LogP contribution >= 0.6 is 0 Å². The Kier molecular flexibility index (Phi) is 6.64. The van der Waals surface area contributed by atoms with Crippen molar-refractivity contribution in [2.45, 2.75) is 13.0 Å². The Hall–Kier alpha value is -1.14. The van der Waals surface area contributed by atoms with Crippen molar-refractivity contribution in [2.24, 2.45) is 0 Å². The zero-order chi connectivity index (χ0) is 11.8. The number of esters is 1. The van der Waals surface area contributed by atoms with Crippen LogP contribution in [0.3, 0.4) is 0 Å². The molecule has 0 spiro atoms. The summed E-state index contributed by atoms with van der Waals surface area (Å²) >= 11 is 0. The first kappa shape index (κ1) is 13.9. The Morgan fingerprint density at radius 2 is 2.07 bits per heavy atom. The van der Waals surface area contributed by atoms with Gasteiger partial charge in [0.25, 0.3) is 0 Å². The van der Waals surface area contributed by atoms with E-state index in [4.69, 9.17) is 0 Å². The van der Waals surface area contributed by atoms with Gasteiger partial charge >= 0.3 is 11.9 Å². The van der Waals surface area contributed by atoms with Crippen LogP contribution in [0.15, 0.2) is 0 Å². The second-order valence-electron chi connectivity index (χ2n) is 3.02. The molecule has 1 atom stereocenters. The molecule has 0 aliphatic carbocycles. The van der Waals surface area contributed by atoms with Gasteiger partial charge in [-0.2, -0.15) is 0 Å². The molecule has 0 rings (SSSR count). The Labute approximate surface area is 88.8 Å². The van der Waals surface area contributed by atoms with Gasteiger partial charge in [0.1, 0.15) is 0 Å². The van der Waals surface area contributed by atoms with E-state index in [-0.39, 0.29) is 19.8 Å². The predicted octanol–water partition coefficient (Wildman–Crippen LogP) is -0.985. The minimum atomic E-state index is -0.912. The van der Waals surface area contributed by atoms with E-state index in [9.17, 15) is 14.7 Å². The molecular weight excluding hydrogens is 202 g/mol. The maximum absolute atomic E-state index is 11.3. The molecule has 0 saturated carbocycles. The molecule has 0 radical (unpaired) electrons. The molecule has 0 bridgehead atoms. The highest BCUT2D eigenvalue weighted by Gasteiger charge is 2.21. The van der Waals surface area contributed by atoms with Gasteiger partial charge in [0.05, 0.1) is 19.3 Å². The number of amides is 1. The minimum Gasteiger partial charge on any atom is -0.459 e. The largest absolute Gasteiger partial charge is 0.459 e. The summed E-state index contributed by atoms with van der Waals surface area (Å²) < 4.78 is 9.21. The summed E-state index contributed by atoms with van der Waals surface area (Å²) in [7, 11) is 2.86. The van der Waals surface area contributed by atoms with Crippen LogP contribution in [0.4, 0.5) is 0 Å². The summed E-state index contributed by atoms with van der Waals surface area (Å²) in [6.45, 7) is 1.91. The second-order valence-corrected chi connectivity index (χ2v) is 3.02. The van der Waals surface area contributed by atoms with Crippen LogP contribution in [0.1, 0.15) is 6.92 Å². The number of carbonyl (C=O) groups is 2. The molecule has 6 heteroatoms. The van der Waals surface area contributed by atoms with Crippen LogP contribution in [-0.2, 0) is 19.1 Å². The molecule has 1 unspecified atom stereocenters. The monoisotopic (exact) mass is 219 g/mol. The Balaban J connectivity index is 4.03. The number of methoxy groups -OCH3 is 1. The number of carbonyl (C=O) groups excluding carboxylic acids is 2. The zero-order valence-electron chi connectivity index (χ0n) is 9.23. The SMILES string of the molecule is CCOC(=O)C(=O)N(C)CC(O)COC. The van der Waals surface area contributed by atoms with Crippen LogP contribution in [-0.4, -0.2) is 61.9 Å². The molecule has 0 aliphatic rings. The van der Waals surface area contributed by atoms with Gasteiger partial charge in [-0.15, -0.1) is 0 Å². The van der Waals surface area contributed by atoms with Gasteiger partial charge < -0.3 is 19.5 Å². The molecule has 0 aromatic rings. The number of ether oxygens (including phenoxy) is 2. The lowest BCUT2D eigenvalue weighted by molar-refractivity contribution is -0.159. The third-order valence-corrected chi connectivity index (χ3v) is 1.64. The first-order valence-electron chi connectivity index (χ1n) is 4.62.